The van der Waals surface area contributed by atoms with Crippen LogP contribution in [0.3, 0.4) is 0 Å². The second-order valence-corrected chi connectivity index (χ2v) is 13.0. The number of piperidine rings is 1. The number of carbonyl (C=O) groups is 2. The summed E-state index contributed by atoms with van der Waals surface area (Å²) in [7, 11) is 3.54. The molecule has 2 atom stereocenters. The van der Waals surface area contributed by atoms with E-state index >= 15 is 0 Å². The molecule has 0 saturated carbocycles. The molecule has 0 N–H and O–H groups in total. The number of carbonyl (C=O) groups excluding carboxylic acids is 2. The van der Waals surface area contributed by atoms with Crippen LogP contribution in [-0.4, -0.2) is 66.7 Å². The topological polar surface area (TPSA) is 95.0 Å². The molecule has 5 rings (SSSR count). The lowest BCUT2D eigenvalue weighted by Gasteiger charge is -2.43. The van der Waals surface area contributed by atoms with Gasteiger partial charge in [0.2, 0.25) is 5.95 Å². The fraction of sp³-hybridized carbons (Fsp3) is 0.514. The number of ether oxygens (including phenoxy) is 1. The molecule has 10 nitrogen and oxygen atoms in total. The molecule has 0 bridgehead atoms. The van der Waals surface area contributed by atoms with Crippen molar-refractivity contribution < 1.29 is 40.7 Å². The Labute approximate surface area is 292 Å². The Bertz CT molecular complexity index is 1680. The predicted octanol–water partition coefficient (Wildman–Crippen LogP) is 7.67. The Morgan fingerprint density at radius 3 is 2.06 bits per heavy atom. The third-order valence-electron chi connectivity index (χ3n) is 9.41. The number of Topliss-reactive ketones (excluding diaryl/α,β-unsaturated/α-hetero) is 1. The van der Waals surface area contributed by atoms with Gasteiger partial charge in [-0.25, -0.2) is 19.7 Å². The van der Waals surface area contributed by atoms with Crippen LogP contribution in [-0.2, 0) is 28.4 Å². The highest BCUT2D eigenvalue weighted by Crippen LogP contribution is 2.44. The lowest BCUT2D eigenvalue weighted by molar-refractivity contribution is -0.143. The molecule has 16 heteroatoms. The van der Waals surface area contributed by atoms with E-state index < -0.39 is 48.2 Å². The zero-order valence-electron chi connectivity index (χ0n) is 29.1. The Hall–Kier alpha value is -4.63. The van der Waals surface area contributed by atoms with Gasteiger partial charge < -0.3 is 19.4 Å². The molecule has 2 aliphatic heterocycles. The number of amides is 1. The van der Waals surface area contributed by atoms with Crippen LogP contribution in [0.4, 0.5) is 54.3 Å². The lowest BCUT2D eigenvalue weighted by atomic mass is 9.91. The fourth-order valence-electron chi connectivity index (χ4n) is 6.69. The summed E-state index contributed by atoms with van der Waals surface area (Å²) in [5, 5.41) is 0. The van der Waals surface area contributed by atoms with Gasteiger partial charge in [0.05, 0.1) is 53.2 Å². The SMILES string of the molecule is CCOC(=O)N1c2ccc(N(C)C)nc2C(N(Cc2cc(C(F)(F)F)cc(C(F)(F)F)c2)c2ncc(N3CCC(C(C)=O)CC3)cn2)C[C@H]1CC. The van der Waals surface area contributed by atoms with Gasteiger partial charge in [-0.3, -0.25) is 9.69 Å². The number of halogens is 6. The van der Waals surface area contributed by atoms with Gasteiger partial charge in [-0.15, -0.1) is 0 Å². The first-order valence-corrected chi connectivity index (χ1v) is 16.8. The minimum atomic E-state index is -5.04. The molecule has 1 amide bonds. The van der Waals surface area contributed by atoms with Crippen LogP contribution in [0, 0.1) is 5.92 Å². The maximum absolute atomic E-state index is 13.9. The first-order valence-electron chi connectivity index (χ1n) is 16.8. The molecular weight excluding hydrogens is 680 g/mol. The van der Waals surface area contributed by atoms with Gasteiger partial charge in [-0.1, -0.05) is 6.92 Å². The van der Waals surface area contributed by atoms with E-state index in [1.54, 1.807) is 62.3 Å². The zero-order chi connectivity index (χ0) is 37.2. The Balaban J connectivity index is 1.64. The summed E-state index contributed by atoms with van der Waals surface area (Å²) in [6.45, 7) is 5.98. The highest BCUT2D eigenvalue weighted by molar-refractivity contribution is 5.90. The minimum absolute atomic E-state index is 0.0300. The molecule has 1 aromatic carbocycles. The van der Waals surface area contributed by atoms with Crippen molar-refractivity contribution in [3.05, 3.63) is 65.1 Å². The number of ketones is 1. The van der Waals surface area contributed by atoms with Crippen molar-refractivity contribution in [1.82, 2.24) is 15.0 Å². The molecule has 1 saturated heterocycles. The van der Waals surface area contributed by atoms with E-state index in [0.29, 0.717) is 67.4 Å². The van der Waals surface area contributed by atoms with E-state index in [4.69, 9.17) is 9.72 Å². The standard InChI is InChI=1S/C35H41F6N7O3/c1-6-26-17-29(31-28(48(26)33(50)51-7-2)8-9-30(44-31)45(4)5)47(20-22-14-24(34(36,37)38)16-25(15-22)35(39,40)41)32-42-18-27(19-43-32)46-12-10-23(11-13-46)21(3)49/h8-9,14-16,18-19,23,26,29H,6-7,10-13,17,20H2,1-5H3/t26-,29?/m1/s1. The second-order valence-electron chi connectivity index (χ2n) is 13.0. The summed E-state index contributed by atoms with van der Waals surface area (Å²) in [5.41, 5.74) is -1.71. The van der Waals surface area contributed by atoms with Crippen LogP contribution in [0.2, 0.25) is 0 Å². The molecular formula is C35H41F6N7O3. The zero-order valence-corrected chi connectivity index (χ0v) is 29.1. The van der Waals surface area contributed by atoms with E-state index in [2.05, 4.69) is 9.97 Å². The van der Waals surface area contributed by atoms with Gasteiger partial charge in [-0.2, -0.15) is 26.3 Å². The molecule has 4 heterocycles. The summed E-state index contributed by atoms with van der Waals surface area (Å²) in [6.07, 6.45) is -5.58. The van der Waals surface area contributed by atoms with Gasteiger partial charge in [0.1, 0.15) is 11.6 Å². The van der Waals surface area contributed by atoms with Crippen LogP contribution in [0.15, 0.2) is 42.7 Å². The molecule has 0 spiro atoms. The molecule has 0 radical (unpaired) electrons. The fourth-order valence-corrected chi connectivity index (χ4v) is 6.69. The van der Waals surface area contributed by atoms with E-state index in [1.807, 2.05) is 11.8 Å². The highest BCUT2D eigenvalue weighted by Gasteiger charge is 2.42. The van der Waals surface area contributed by atoms with E-state index in [1.165, 1.54) is 4.90 Å². The van der Waals surface area contributed by atoms with E-state index in [0.717, 1.165) is 0 Å². The average Bonchev–Trinajstić information content (AvgIpc) is 3.09. The quantitative estimate of drug-likeness (QED) is 0.206. The summed E-state index contributed by atoms with van der Waals surface area (Å²) in [4.78, 5) is 46.1. The van der Waals surface area contributed by atoms with Gasteiger partial charge in [0.15, 0.2) is 0 Å². The van der Waals surface area contributed by atoms with Gasteiger partial charge in [0.25, 0.3) is 0 Å². The van der Waals surface area contributed by atoms with Crippen molar-refractivity contribution in [2.24, 2.45) is 5.92 Å². The van der Waals surface area contributed by atoms with Crippen LogP contribution in [0.1, 0.15) is 74.9 Å². The van der Waals surface area contributed by atoms with Crippen molar-refractivity contribution in [3.63, 3.8) is 0 Å². The molecule has 51 heavy (non-hydrogen) atoms. The maximum atomic E-state index is 13.9. The Morgan fingerprint density at radius 1 is 0.941 bits per heavy atom. The number of rotatable bonds is 9. The maximum Gasteiger partial charge on any atom is 0.416 e. The van der Waals surface area contributed by atoms with Crippen molar-refractivity contribution in [3.8, 4) is 0 Å². The number of fused-ring (bicyclic) bond motifs is 1. The van der Waals surface area contributed by atoms with Crippen molar-refractivity contribution in [2.45, 2.75) is 77.4 Å². The summed E-state index contributed by atoms with van der Waals surface area (Å²) in [6, 6.07) is 3.67. The van der Waals surface area contributed by atoms with E-state index in [-0.39, 0.29) is 42.3 Å². The first-order chi connectivity index (χ1) is 24.0. The highest BCUT2D eigenvalue weighted by atomic mass is 19.4. The summed E-state index contributed by atoms with van der Waals surface area (Å²) < 4.78 is 89.0. The molecule has 1 unspecified atom stereocenters. The molecule has 1 fully saturated rings. The number of benzene rings is 1. The Morgan fingerprint density at radius 2 is 1.55 bits per heavy atom. The minimum Gasteiger partial charge on any atom is -0.449 e. The molecule has 2 aromatic heterocycles. The first kappa shape index (κ1) is 37.6. The Kier molecular flexibility index (Phi) is 11.0. The van der Waals surface area contributed by atoms with Gasteiger partial charge in [-0.05, 0) is 75.4 Å². The smallest absolute Gasteiger partial charge is 0.416 e. The third-order valence-corrected chi connectivity index (χ3v) is 9.41. The van der Waals surface area contributed by atoms with Crippen LogP contribution in [0.5, 0.6) is 0 Å². The third kappa shape index (κ3) is 8.30. The van der Waals surface area contributed by atoms with Crippen LogP contribution < -0.4 is 19.6 Å². The number of hydrogen-bond donors (Lipinski definition) is 0. The number of hydrogen-bond acceptors (Lipinski definition) is 9. The van der Waals surface area contributed by atoms with Crippen molar-refractivity contribution in [2.75, 3.05) is 53.4 Å². The molecule has 276 valence electrons. The van der Waals surface area contributed by atoms with Gasteiger partial charge >= 0.3 is 18.4 Å². The van der Waals surface area contributed by atoms with Crippen LogP contribution in [0.25, 0.3) is 0 Å². The average molecular weight is 722 g/mol. The number of anilines is 4. The second kappa shape index (κ2) is 14.9. The summed E-state index contributed by atoms with van der Waals surface area (Å²) in [5.74, 6) is 0.667. The molecule has 3 aromatic rings. The number of aromatic nitrogens is 3. The normalized spacial score (nSPS) is 18.3. The van der Waals surface area contributed by atoms with Gasteiger partial charge in [0, 0.05) is 45.7 Å². The number of alkyl halides is 6. The van der Waals surface area contributed by atoms with Crippen LogP contribution >= 0.6 is 0 Å². The van der Waals surface area contributed by atoms with Crippen molar-refractivity contribution in [1.29, 1.82) is 0 Å². The number of nitrogens with zero attached hydrogens (tertiary/aromatic N) is 7. The largest absolute Gasteiger partial charge is 0.449 e. The molecule has 2 aliphatic rings. The molecule has 0 aliphatic carbocycles. The summed E-state index contributed by atoms with van der Waals surface area (Å²) >= 11 is 0. The van der Waals surface area contributed by atoms with Crippen molar-refractivity contribution >= 4 is 35.0 Å². The predicted molar refractivity (Wildman–Crippen MR) is 180 cm³/mol. The number of pyridine rings is 1. The lowest BCUT2D eigenvalue weighted by Crippen LogP contribution is -2.48. The monoisotopic (exact) mass is 721 g/mol. The van der Waals surface area contributed by atoms with E-state index in [9.17, 15) is 35.9 Å².